The molecular formula is C14H10Cl3F. The smallest absolute Gasteiger partial charge is 0.123 e. The molecule has 1 unspecified atom stereocenters. The minimum absolute atomic E-state index is 0.263. The lowest BCUT2D eigenvalue weighted by Gasteiger charge is -2.11. The molecule has 94 valence electrons. The van der Waals surface area contributed by atoms with Gasteiger partial charge in [0.25, 0.3) is 0 Å². The van der Waals surface area contributed by atoms with Crippen LogP contribution in [0.15, 0.2) is 42.5 Å². The number of benzene rings is 2. The molecule has 18 heavy (non-hydrogen) atoms. The van der Waals surface area contributed by atoms with E-state index in [0.29, 0.717) is 16.5 Å². The van der Waals surface area contributed by atoms with Crippen LogP contribution >= 0.6 is 34.8 Å². The molecule has 0 heterocycles. The minimum Gasteiger partial charge on any atom is -0.207 e. The SMILES string of the molecule is Fc1cccc(CC(Cl)c2cc(Cl)cc(Cl)c2)c1. The van der Waals surface area contributed by atoms with Crippen molar-refractivity contribution < 1.29 is 4.39 Å². The Morgan fingerprint density at radius 1 is 1.00 bits per heavy atom. The van der Waals surface area contributed by atoms with Crippen LogP contribution < -0.4 is 0 Å². The van der Waals surface area contributed by atoms with Crippen molar-refractivity contribution in [2.45, 2.75) is 11.8 Å². The highest BCUT2D eigenvalue weighted by Crippen LogP contribution is 2.30. The Morgan fingerprint density at radius 2 is 1.67 bits per heavy atom. The normalized spacial score (nSPS) is 12.4. The second-order valence-corrected chi connectivity index (χ2v) is 5.40. The minimum atomic E-state index is -0.289. The summed E-state index contributed by atoms with van der Waals surface area (Å²) in [6.45, 7) is 0. The average molecular weight is 304 g/mol. The zero-order chi connectivity index (χ0) is 13.1. The van der Waals surface area contributed by atoms with Crippen LogP contribution in [-0.2, 0) is 6.42 Å². The van der Waals surface area contributed by atoms with Gasteiger partial charge in [-0.2, -0.15) is 0 Å². The van der Waals surface area contributed by atoms with Gasteiger partial charge in [0.05, 0.1) is 5.38 Å². The summed E-state index contributed by atoms with van der Waals surface area (Å²) in [5, 5.41) is 0.799. The maximum Gasteiger partial charge on any atom is 0.123 e. The van der Waals surface area contributed by atoms with E-state index in [4.69, 9.17) is 34.8 Å². The van der Waals surface area contributed by atoms with Crippen molar-refractivity contribution in [3.8, 4) is 0 Å². The van der Waals surface area contributed by atoms with Crippen LogP contribution in [0.5, 0.6) is 0 Å². The molecule has 1 atom stereocenters. The first-order valence-corrected chi connectivity index (χ1v) is 6.58. The van der Waals surface area contributed by atoms with Crippen LogP contribution in [0.25, 0.3) is 0 Å². The van der Waals surface area contributed by atoms with Gasteiger partial charge < -0.3 is 0 Å². The second-order valence-electron chi connectivity index (χ2n) is 4.00. The third kappa shape index (κ3) is 3.61. The zero-order valence-corrected chi connectivity index (χ0v) is 11.6. The molecule has 0 fully saturated rings. The van der Waals surface area contributed by atoms with Crippen LogP contribution in [-0.4, -0.2) is 0 Å². The van der Waals surface area contributed by atoms with Crippen molar-refractivity contribution in [1.29, 1.82) is 0 Å². The van der Waals surface area contributed by atoms with Gasteiger partial charge in [-0.15, -0.1) is 11.6 Å². The Balaban J connectivity index is 2.19. The summed E-state index contributed by atoms with van der Waals surface area (Å²) in [4.78, 5) is 0. The van der Waals surface area contributed by atoms with Gasteiger partial charge in [0, 0.05) is 10.0 Å². The van der Waals surface area contributed by atoms with E-state index in [1.165, 1.54) is 12.1 Å². The van der Waals surface area contributed by atoms with Gasteiger partial charge in [-0.25, -0.2) is 4.39 Å². The molecular weight excluding hydrogens is 294 g/mol. The molecule has 4 heteroatoms. The lowest BCUT2D eigenvalue weighted by molar-refractivity contribution is 0.625. The number of hydrogen-bond acceptors (Lipinski definition) is 0. The average Bonchev–Trinajstić information content (AvgIpc) is 2.27. The Morgan fingerprint density at radius 3 is 2.28 bits per heavy atom. The quantitative estimate of drug-likeness (QED) is 0.642. The number of hydrogen-bond donors (Lipinski definition) is 0. The van der Waals surface area contributed by atoms with Gasteiger partial charge in [-0.3, -0.25) is 0 Å². The molecule has 0 saturated heterocycles. The molecule has 0 spiro atoms. The predicted octanol–water partition coefficient (Wildman–Crippen LogP) is 5.66. The third-order valence-electron chi connectivity index (χ3n) is 2.55. The summed E-state index contributed by atoms with van der Waals surface area (Å²) >= 11 is 18.1. The molecule has 0 N–H and O–H groups in total. The summed E-state index contributed by atoms with van der Waals surface area (Å²) in [7, 11) is 0. The first-order chi connectivity index (χ1) is 8.54. The van der Waals surface area contributed by atoms with Crippen molar-refractivity contribution in [1.82, 2.24) is 0 Å². The first-order valence-electron chi connectivity index (χ1n) is 5.39. The Hall–Kier alpha value is -0.760. The van der Waals surface area contributed by atoms with Gasteiger partial charge in [-0.1, -0.05) is 35.3 Å². The molecule has 0 aliphatic rings. The molecule has 0 amide bonds. The molecule has 0 saturated carbocycles. The summed E-state index contributed by atoms with van der Waals surface area (Å²) in [5.41, 5.74) is 1.67. The van der Waals surface area contributed by atoms with Gasteiger partial charge in [0.1, 0.15) is 5.82 Å². The molecule has 0 aromatic heterocycles. The molecule has 0 aliphatic carbocycles. The molecule has 2 rings (SSSR count). The van der Waals surface area contributed by atoms with Gasteiger partial charge >= 0.3 is 0 Å². The molecule has 2 aromatic carbocycles. The van der Waals surface area contributed by atoms with Gasteiger partial charge in [0.15, 0.2) is 0 Å². The summed E-state index contributed by atoms with van der Waals surface area (Å²) in [5.74, 6) is -0.263. The Kier molecular flexibility index (Phi) is 4.50. The molecule has 0 radical (unpaired) electrons. The van der Waals surface area contributed by atoms with E-state index >= 15 is 0 Å². The monoisotopic (exact) mass is 302 g/mol. The highest BCUT2D eigenvalue weighted by Gasteiger charge is 2.11. The van der Waals surface area contributed by atoms with Gasteiger partial charge in [0.2, 0.25) is 0 Å². The summed E-state index contributed by atoms with van der Waals surface area (Å²) in [6.07, 6.45) is 0.524. The fraction of sp³-hybridized carbons (Fsp3) is 0.143. The Labute approximate surface area is 120 Å². The molecule has 2 aromatic rings. The molecule has 0 aliphatic heterocycles. The zero-order valence-electron chi connectivity index (χ0n) is 9.34. The van der Waals surface area contributed by atoms with E-state index < -0.39 is 0 Å². The van der Waals surface area contributed by atoms with Crippen LogP contribution in [0, 0.1) is 5.82 Å². The number of halogens is 4. The highest BCUT2D eigenvalue weighted by atomic mass is 35.5. The fourth-order valence-electron chi connectivity index (χ4n) is 1.74. The van der Waals surface area contributed by atoms with Crippen molar-refractivity contribution in [3.05, 3.63) is 69.5 Å². The van der Waals surface area contributed by atoms with E-state index in [1.54, 1.807) is 24.3 Å². The van der Waals surface area contributed by atoms with E-state index in [1.807, 2.05) is 6.07 Å². The molecule has 0 nitrogen and oxygen atoms in total. The van der Waals surface area contributed by atoms with Crippen molar-refractivity contribution in [2.24, 2.45) is 0 Å². The van der Waals surface area contributed by atoms with Crippen molar-refractivity contribution >= 4 is 34.8 Å². The maximum absolute atomic E-state index is 13.1. The van der Waals surface area contributed by atoms with Crippen molar-refractivity contribution in [2.75, 3.05) is 0 Å². The lowest BCUT2D eigenvalue weighted by atomic mass is 10.0. The highest BCUT2D eigenvalue weighted by molar-refractivity contribution is 6.35. The van der Waals surface area contributed by atoms with E-state index in [0.717, 1.165) is 11.1 Å². The van der Waals surface area contributed by atoms with Crippen LogP contribution in [0.1, 0.15) is 16.5 Å². The topological polar surface area (TPSA) is 0 Å². The van der Waals surface area contributed by atoms with Gasteiger partial charge in [-0.05, 0) is 47.9 Å². The second kappa shape index (κ2) is 5.92. The van der Waals surface area contributed by atoms with E-state index in [9.17, 15) is 4.39 Å². The summed E-state index contributed by atoms with van der Waals surface area (Å²) < 4.78 is 13.1. The standard InChI is InChI=1S/C14H10Cl3F/c15-11-6-10(7-12(16)8-11)14(17)5-9-2-1-3-13(18)4-9/h1-4,6-8,14H,5H2. The van der Waals surface area contributed by atoms with Crippen molar-refractivity contribution in [3.63, 3.8) is 0 Å². The first kappa shape index (κ1) is 13.7. The summed E-state index contributed by atoms with van der Waals surface area (Å²) in [6, 6.07) is 11.6. The predicted molar refractivity (Wildman–Crippen MR) is 75.2 cm³/mol. The van der Waals surface area contributed by atoms with E-state index in [-0.39, 0.29) is 11.2 Å². The molecule has 0 bridgehead atoms. The maximum atomic E-state index is 13.1. The van der Waals surface area contributed by atoms with Crippen LogP contribution in [0.3, 0.4) is 0 Å². The van der Waals surface area contributed by atoms with Crippen LogP contribution in [0.2, 0.25) is 10.0 Å². The fourth-order valence-corrected chi connectivity index (χ4v) is 2.59. The van der Waals surface area contributed by atoms with Crippen LogP contribution in [0.4, 0.5) is 4.39 Å². The number of rotatable bonds is 3. The largest absolute Gasteiger partial charge is 0.207 e. The number of alkyl halides is 1. The lowest BCUT2D eigenvalue weighted by Crippen LogP contribution is -1.96. The van der Waals surface area contributed by atoms with E-state index in [2.05, 4.69) is 0 Å². The Bertz CT molecular complexity index is 534. The third-order valence-corrected chi connectivity index (χ3v) is 3.39.